The smallest absolute Gasteiger partial charge is 0.296 e. The molecule has 0 spiro atoms. The Balaban J connectivity index is 1.23. The number of aromatic nitrogens is 4. The molecule has 1 aliphatic carbocycles. The minimum Gasteiger partial charge on any atom is -0.474 e. The highest BCUT2D eigenvalue weighted by molar-refractivity contribution is 7.84. The third-order valence-corrected chi connectivity index (χ3v) is 7.42. The molecule has 2 fully saturated rings. The van der Waals surface area contributed by atoms with Crippen LogP contribution in [0.3, 0.4) is 0 Å². The van der Waals surface area contributed by atoms with Gasteiger partial charge < -0.3 is 18.9 Å². The Morgan fingerprint density at radius 2 is 1.79 bits per heavy atom. The second-order valence-corrected chi connectivity index (χ2v) is 10.7. The highest BCUT2D eigenvalue weighted by Gasteiger charge is 2.26. The Morgan fingerprint density at radius 3 is 2.53 bits per heavy atom. The third-order valence-electron chi connectivity index (χ3n) is 6.72. The Labute approximate surface area is 222 Å². The van der Waals surface area contributed by atoms with Gasteiger partial charge in [-0.25, -0.2) is 18.7 Å². The van der Waals surface area contributed by atoms with Gasteiger partial charge in [-0.15, -0.1) is 0 Å². The highest BCUT2D eigenvalue weighted by atomic mass is 32.2. The lowest BCUT2D eigenvalue weighted by Crippen LogP contribution is -2.30. The lowest BCUT2D eigenvalue weighted by Gasteiger charge is -2.29. The number of nitrogens with zero attached hydrogens (tertiary/aromatic N) is 4. The molecule has 3 aromatic rings. The van der Waals surface area contributed by atoms with E-state index in [4.69, 9.17) is 18.9 Å². The second kappa shape index (κ2) is 12.5. The zero-order chi connectivity index (χ0) is 26.5. The van der Waals surface area contributed by atoms with Crippen LogP contribution in [0.4, 0.5) is 8.78 Å². The first-order chi connectivity index (χ1) is 18.5. The van der Waals surface area contributed by atoms with Crippen LogP contribution in [0.2, 0.25) is 0 Å². The van der Waals surface area contributed by atoms with E-state index in [2.05, 4.69) is 15.0 Å². The van der Waals surface area contributed by atoms with E-state index in [9.17, 15) is 13.0 Å². The lowest BCUT2D eigenvalue weighted by molar-refractivity contribution is -0.172. The fourth-order valence-corrected chi connectivity index (χ4v) is 5.29. The third kappa shape index (κ3) is 6.53. The summed E-state index contributed by atoms with van der Waals surface area (Å²) in [7, 11) is -1.55. The summed E-state index contributed by atoms with van der Waals surface area (Å²) in [4.78, 5) is 12.7. The van der Waals surface area contributed by atoms with Crippen molar-refractivity contribution in [2.24, 2.45) is 0 Å². The number of para-hydroxylation sites is 2. The normalized spacial score (nSPS) is 23.1. The van der Waals surface area contributed by atoms with Gasteiger partial charge in [0.05, 0.1) is 41.2 Å². The molecule has 3 heterocycles. The van der Waals surface area contributed by atoms with Gasteiger partial charge >= 0.3 is 0 Å². The first kappa shape index (κ1) is 27.0. The quantitative estimate of drug-likeness (QED) is 0.264. The van der Waals surface area contributed by atoms with E-state index in [1.165, 1.54) is 16.9 Å². The minimum absolute atomic E-state index is 0.00876. The van der Waals surface area contributed by atoms with Crippen LogP contribution in [-0.4, -0.2) is 68.3 Å². The number of fused-ring (bicyclic) bond motifs is 1. The highest BCUT2D eigenvalue weighted by Crippen LogP contribution is 2.30. The van der Waals surface area contributed by atoms with Crippen molar-refractivity contribution in [3.05, 3.63) is 36.2 Å². The topological polar surface area (TPSA) is 97.6 Å². The van der Waals surface area contributed by atoms with Crippen LogP contribution in [0, 0.1) is 0 Å². The molecule has 9 nitrogen and oxygen atoms in total. The average Bonchev–Trinajstić information content (AvgIpc) is 3.33. The van der Waals surface area contributed by atoms with Gasteiger partial charge in [0.15, 0.2) is 12.1 Å². The number of imidazole rings is 1. The number of benzene rings is 1. The van der Waals surface area contributed by atoms with Crippen molar-refractivity contribution < 1.29 is 31.9 Å². The van der Waals surface area contributed by atoms with Crippen molar-refractivity contribution in [3.63, 3.8) is 0 Å². The summed E-state index contributed by atoms with van der Waals surface area (Å²) in [6.45, 7) is 1.78. The number of hydrogen-bond acceptors (Lipinski definition) is 8. The van der Waals surface area contributed by atoms with Gasteiger partial charge in [0.2, 0.25) is 11.0 Å². The van der Waals surface area contributed by atoms with Gasteiger partial charge in [-0.3, -0.25) is 8.78 Å². The molecule has 1 aromatic carbocycles. The molecule has 0 bridgehead atoms. The number of halogens is 2. The first-order valence-electron chi connectivity index (χ1n) is 13.0. The standard InChI is InChI=1S/C26H32F2N4O5S/c1-38(33)26-30-21(32-20-7-3-2-6-19(20)29-25(32)24(27)28)16-22(31-26)37-18-11-9-17(10-12-18)34-14-15-36-23-8-4-5-13-35-23/h2-3,6-7,16-18,23-24H,4-5,8-15H2,1H3. The van der Waals surface area contributed by atoms with Gasteiger partial charge in [-0.05, 0) is 57.1 Å². The second-order valence-electron chi connectivity index (χ2n) is 9.45. The summed E-state index contributed by atoms with van der Waals surface area (Å²) in [5.41, 5.74) is 0.884. The van der Waals surface area contributed by atoms with Crippen LogP contribution in [0.5, 0.6) is 5.88 Å². The van der Waals surface area contributed by atoms with Crippen molar-refractivity contribution >= 4 is 21.8 Å². The Bertz CT molecular complexity index is 1250. The molecule has 206 valence electrons. The van der Waals surface area contributed by atoms with E-state index in [0.29, 0.717) is 24.2 Å². The zero-order valence-corrected chi connectivity index (χ0v) is 22.1. The lowest BCUT2D eigenvalue weighted by atomic mass is 9.95. The number of ether oxygens (including phenoxy) is 4. The van der Waals surface area contributed by atoms with E-state index >= 15 is 0 Å². The van der Waals surface area contributed by atoms with Crippen LogP contribution < -0.4 is 4.74 Å². The molecule has 2 aromatic heterocycles. The largest absolute Gasteiger partial charge is 0.474 e. The van der Waals surface area contributed by atoms with Gasteiger partial charge in [-0.1, -0.05) is 12.1 Å². The molecule has 12 heteroatoms. The summed E-state index contributed by atoms with van der Waals surface area (Å²) < 4.78 is 64.8. The maximum atomic E-state index is 13.9. The van der Waals surface area contributed by atoms with Crippen molar-refractivity contribution in [1.29, 1.82) is 0 Å². The van der Waals surface area contributed by atoms with Gasteiger partial charge in [0, 0.05) is 18.9 Å². The Kier molecular flexibility index (Phi) is 8.93. The fourth-order valence-electron chi connectivity index (χ4n) is 4.85. The van der Waals surface area contributed by atoms with Crippen LogP contribution in [0.15, 0.2) is 35.5 Å². The monoisotopic (exact) mass is 550 g/mol. The van der Waals surface area contributed by atoms with Gasteiger partial charge in [0.25, 0.3) is 6.43 Å². The van der Waals surface area contributed by atoms with Crippen molar-refractivity contribution in [2.75, 3.05) is 26.1 Å². The maximum Gasteiger partial charge on any atom is 0.296 e. The number of hydrogen-bond donors (Lipinski definition) is 0. The fraction of sp³-hybridized carbons (Fsp3) is 0.577. The van der Waals surface area contributed by atoms with Crippen LogP contribution in [0.1, 0.15) is 57.2 Å². The van der Waals surface area contributed by atoms with E-state index in [1.54, 1.807) is 24.3 Å². The molecule has 2 unspecified atom stereocenters. The summed E-state index contributed by atoms with van der Waals surface area (Å²) in [5.74, 6) is -0.105. The first-order valence-corrected chi connectivity index (χ1v) is 14.5. The van der Waals surface area contributed by atoms with Crippen LogP contribution in [0.25, 0.3) is 16.9 Å². The SMILES string of the molecule is CS(=O)c1nc(OC2CCC(OCCOC3CCCCO3)CC2)cc(-n2c(C(F)F)nc3ccccc32)n1. The average molecular weight is 551 g/mol. The minimum atomic E-state index is -2.83. The summed E-state index contributed by atoms with van der Waals surface area (Å²) in [5, 5.41) is 0.00876. The van der Waals surface area contributed by atoms with Crippen LogP contribution in [-0.2, 0) is 25.0 Å². The van der Waals surface area contributed by atoms with E-state index in [-0.39, 0.29) is 35.4 Å². The van der Waals surface area contributed by atoms with Gasteiger partial charge in [-0.2, -0.15) is 4.98 Å². The molecule has 2 atom stereocenters. The Hall–Kier alpha value is -2.54. The molecule has 1 aliphatic heterocycles. The molecule has 38 heavy (non-hydrogen) atoms. The maximum absolute atomic E-state index is 13.9. The predicted molar refractivity (Wildman–Crippen MR) is 136 cm³/mol. The van der Waals surface area contributed by atoms with E-state index in [1.807, 2.05) is 0 Å². The molecule has 5 rings (SSSR count). The molecule has 0 radical (unpaired) electrons. The Morgan fingerprint density at radius 1 is 1.03 bits per heavy atom. The zero-order valence-electron chi connectivity index (χ0n) is 21.3. The van der Waals surface area contributed by atoms with Crippen molar-refractivity contribution in [3.8, 4) is 11.7 Å². The molecule has 0 amide bonds. The summed E-state index contributed by atoms with van der Waals surface area (Å²) >= 11 is 0. The van der Waals surface area contributed by atoms with Gasteiger partial charge in [0.1, 0.15) is 11.9 Å². The molecule has 1 saturated carbocycles. The van der Waals surface area contributed by atoms with Crippen molar-refractivity contribution in [1.82, 2.24) is 19.5 Å². The van der Waals surface area contributed by atoms with E-state index < -0.39 is 23.0 Å². The summed E-state index contributed by atoms with van der Waals surface area (Å²) in [6.07, 6.45) is 4.77. The number of alkyl halides is 2. The molecular weight excluding hydrogens is 518 g/mol. The molecular formula is C26H32F2N4O5S. The van der Waals surface area contributed by atoms with E-state index in [0.717, 1.165) is 51.6 Å². The number of rotatable bonds is 10. The van der Waals surface area contributed by atoms with Crippen LogP contribution >= 0.6 is 0 Å². The molecule has 0 N–H and O–H groups in total. The van der Waals surface area contributed by atoms with Crippen molar-refractivity contribution in [2.45, 2.75) is 75.0 Å². The molecule has 2 aliphatic rings. The summed E-state index contributed by atoms with van der Waals surface area (Å²) in [6, 6.07) is 8.32. The molecule has 1 saturated heterocycles. The predicted octanol–water partition coefficient (Wildman–Crippen LogP) is 4.74.